The molecule has 0 bridgehead atoms. The summed E-state index contributed by atoms with van der Waals surface area (Å²) >= 11 is 1.07. The maximum Gasteiger partial charge on any atom is 0.263 e. The fourth-order valence-electron chi connectivity index (χ4n) is 3.37. The molecule has 1 fully saturated rings. The Kier molecular flexibility index (Phi) is 4.04. The molecule has 3 aromatic rings. The van der Waals surface area contributed by atoms with Crippen LogP contribution in [0.15, 0.2) is 29.2 Å². The summed E-state index contributed by atoms with van der Waals surface area (Å²) in [4.78, 5) is 20.1. The molecule has 1 amide bonds. The smallest absolute Gasteiger partial charge is 0.263 e. The molecule has 2 aromatic heterocycles. The van der Waals surface area contributed by atoms with E-state index in [0.29, 0.717) is 10.6 Å². The van der Waals surface area contributed by atoms with Crippen LogP contribution >= 0.6 is 11.3 Å². The first kappa shape index (κ1) is 18.0. The van der Waals surface area contributed by atoms with Crippen LogP contribution in [0.25, 0.3) is 11.0 Å². The highest BCUT2D eigenvalue weighted by atomic mass is 32.2. The molecule has 1 aliphatic carbocycles. The van der Waals surface area contributed by atoms with Gasteiger partial charge in [-0.3, -0.25) is 9.52 Å². The highest BCUT2D eigenvalue weighted by Gasteiger charge is 2.36. The number of aryl methyl sites for hydroxylation is 1. The van der Waals surface area contributed by atoms with Crippen LogP contribution in [0.1, 0.15) is 46.6 Å². The minimum atomic E-state index is -3.82. The number of fused-ring (bicyclic) bond motifs is 1. The summed E-state index contributed by atoms with van der Waals surface area (Å²) in [5, 5.41) is 0. The van der Waals surface area contributed by atoms with E-state index in [9.17, 15) is 13.2 Å². The SMILES string of the molecule is Cc1sc(C(N)=O)cc1S(=O)(=O)Nc1ccc2nc(C3(C)CCC3)[nH]c2c1. The van der Waals surface area contributed by atoms with Gasteiger partial charge in [0.15, 0.2) is 0 Å². The second-order valence-corrected chi connectivity index (χ2v) is 10.1. The van der Waals surface area contributed by atoms with Gasteiger partial charge in [0.1, 0.15) is 10.7 Å². The molecule has 1 saturated carbocycles. The molecule has 0 atom stereocenters. The number of imidazole rings is 1. The number of carbonyl (C=O) groups is 1. The maximum atomic E-state index is 12.7. The molecule has 0 aliphatic heterocycles. The molecular formula is C18H20N4O3S2. The lowest BCUT2D eigenvalue weighted by Crippen LogP contribution is -2.31. The number of hydrogen-bond donors (Lipinski definition) is 3. The first-order valence-electron chi connectivity index (χ1n) is 8.61. The number of hydrogen-bond acceptors (Lipinski definition) is 5. The van der Waals surface area contributed by atoms with Gasteiger partial charge in [-0.25, -0.2) is 13.4 Å². The second-order valence-electron chi connectivity index (χ2n) is 7.23. The molecule has 27 heavy (non-hydrogen) atoms. The van der Waals surface area contributed by atoms with Gasteiger partial charge in [-0.15, -0.1) is 11.3 Å². The van der Waals surface area contributed by atoms with Crippen LogP contribution in [0.4, 0.5) is 5.69 Å². The fourth-order valence-corrected chi connectivity index (χ4v) is 5.86. The van der Waals surface area contributed by atoms with Gasteiger partial charge in [-0.1, -0.05) is 13.3 Å². The first-order valence-corrected chi connectivity index (χ1v) is 10.9. The highest BCUT2D eigenvalue weighted by Crippen LogP contribution is 2.42. The van der Waals surface area contributed by atoms with Crippen molar-refractivity contribution in [3.05, 3.63) is 39.8 Å². The number of nitrogens with zero attached hydrogens (tertiary/aromatic N) is 1. The Morgan fingerprint density at radius 3 is 2.67 bits per heavy atom. The molecule has 0 saturated heterocycles. The van der Waals surface area contributed by atoms with Crippen molar-refractivity contribution in [1.29, 1.82) is 0 Å². The Balaban J connectivity index is 1.65. The van der Waals surface area contributed by atoms with Gasteiger partial charge >= 0.3 is 0 Å². The number of nitrogens with two attached hydrogens (primary N) is 1. The minimum Gasteiger partial charge on any atom is -0.365 e. The van der Waals surface area contributed by atoms with E-state index in [-0.39, 0.29) is 15.2 Å². The molecule has 4 N–H and O–H groups in total. The van der Waals surface area contributed by atoms with Crippen molar-refractivity contribution in [3.8, 4) is 0 Å². The summed E-state index contributed by atoms with van der Waals surface area (Å²) < 4.78 is 28.0. The summed E-state index contributed by atoms with van der Waals surface area (Å²) in [6.45, 7) is 3.84. The molecule has 2 heterocycles. The zero-order chi connectivity index (χ0) is 19.4. The fraction of sp³-hybridized carbons (Fsp3) is 0.333. The van der Waals surface area contributed by atoms with Crippen molar-refractivity contribution < 1.29 is 13.2 Å². The van der Waals surface area contributed by atoms with E-state index in [1.165, 1.54) is 12.5 Å². The Labute approximate surface area is 161 Å². The summed E-state index contributed by atoms with van der Waals surface area (Å²) in [7, 11) is -3.82. The predicted octanol–water partition coefficient (Wildman–Crippen LogP) is 3.27. The van der Waals surface area contributed by atoms with Gasteiger partial charge in [0.05, 0.1) is 21.6 Å². The first-order chi connectivity index (χ1) is 12.7. The molecule has 9 heteroatoms. The van der Waals surface area contributed by atoms with Crippen LogP contribution in [0.5, 0.6) is 0 Å². The quantitative estimate of drug-likeness (QED) is 0.605. The van der Waals surface area contributed by atoms with Crippen LogP contribution in [0.2, 0.25) is 0 Å². The van der Waals surface area contributed by atoms with Gasteiger partial charge in [0.25, 0.3) is 15.9 Å². The van der Waals surface area contributed by atoms with Crippen LogP contribution in [0, 0.1) is 6.92 Å². The number of rotatable bonds is 5. The van der Waals surface area contributed by atoms with Crippen molar-refractivity contribution in [2.45, 2.75) is 43.4 Å². The Bertz CT molecular complexity index is 1160. The van der Waals surface area contributed by atoms with Crippen molar-refractivity contribution in [3.63, 3.8) is 0 Å². The number of nitrogens with one attached hydrogen (secondary N) is 2. The number of anilines is 1. The third-order valence-electron chi connectivity index (χ3n) is 5.17. The van der Waals surface area contributed by atoms with E-state index in [4.69, 9.17) is 5.73 Å². The molecule has 1 aromatic carbocycles. The normalized spacial score (nSPS) is 16.2. The number of aromatic nitrogens is 2. The van der Waals surface area contributed by atoms with Crippen molar-refractivity contribution in [2.24, 2.45) is 5.73 Å². The van der Waals surface area contributed by atoms with E-state index in [1.54, 1.807) is 25.1 Å². The molecular weight excluding hydrogens is 384 g/mol. The molecule has 0 spiro atoms. The molecule has 142 valence electrons. The Morgan fingerprint density at radius 2 is 2.07 bits per heavy atom. The zero-order valence-corrected chi connectivity index (χ0v) is 16.6. The van der Waals surface area contributed by atoms with E-state index in [2.05, 4.69) is 21.6 Å². The summed E-state index contributed by atoms with van der Waals surface area (Å²) in [5.74, 6) is 0.309. The molecule has 0 unspecified atom stereocenters. The molecule has 7 nitrogen and oxygen atoms in total. The number of benzene rings is 1. The van der Waals surface area contributed by atoms with Gasteiger partial charge in [-0.05, 0) is 44.0 Å². The number of aromatic amines is 1. The number of H-pyrrole nitrogens is 1. The second kappa shape index (κ2) is 6.07. The lowest BCUT2D eigenvalue weighted by atomic mass is 9.70. The van der Waals surface area contributed by atoms with E-state index < -0.39 is 15.9 Å². The average Bonchev–Trinajstić information content (AvgIpc) is 3.16. The van der Waals surface area contributed by atoms with Crippen LogP contribution < -0.4 is 10.5 Å². The summed E-state index contributed by atoms with van der Waals surface area (Å²) in [5.41, 5.74) is 7.37. The number of amides is 1. The maximum absolute atomic E-state index is 12.7. The summed E-state index contributed by atoms with van der Waals surface area (Å²) in [6.07, 6.45) is 3.41. The predicted molar refractivity (Wildman–Crippen MR) is 106 cm³/mol. The largest absolute Gasteiger partial charge is 0.365 e. The summed E-state index contributed by atoms with van der Waals surface area (Å²) in [6, 6.07) is 6.53. The lowest BCUT2D eigenvalue weighted by Gasteiger charge is -2.36. The van der Waals surface area contributed by atoms with E-state index in [0.717, 1.165) is 41.0 Å². The van der Waals surface area contributed by atoms with Crippen molar-refractivity contribution >= 4 is 44.0 Å². The standard InChI is InChI=1S/C18H20N4O3S2/c1-10-15(9-14(26-10)16(19)23)27(24,25)22-11-4-5-12-13(8-11)21-17(20-12)18(2)6-3-7-18/h4-5,8-9,22H,3,6-7H2,1-2H3,(H2,19,23)(H,20,21). The van der Waals surface area contributed by atoms with Crippen molar-refractivity contribution in [1.82, 2.24) is 9.97 Å². The molecule has 1 aliphatic rings. The third-order valence-corrected chi connectivity index (χ3v) is 7.87. The Morgan fingerprint density at radius 1 is 1.33 bits per heavy atom. The van der Waals surface area contributed by atoms with Gasteiger partial charge in [-0.2, -0.15) is 0 Å². The van der Waals surface area contributed by atoms with Crippen LogP contribution in [-0.4, -0.2) is 24.3 Å². The van der Waals surface area contributed by atoms with Gasteiger partial charge in [0, 0.05) is 10.3 Å². The third kappa shape index (κ3) is 3.10. The average molecular weight is 405 g/mol. The van der Waals surface area contributed by atoms with Gasteiger partial charge < -0.3 is 10.7 Å². The molecule has 4 rings (SSSR count). The van der Waals surface area contributed by atoms with Crippen LogP contribution in [0.3, 0.4) is 0 Å². The Hall–Kier alpha value is -2.39. The zero-order valence-electron chi connectivity index (χ0n) is 15.0. The molecule has 0 radical (unpaired) electrons. The topological polar surface area (TPSA) is 118 Å². The lowest BCUT2D eigenvalue weighted by molar-refractivity contribution is 0.100. The van der Waals surface area contributed by atoms with E-state index >= 15 is 0 Å². The minimum absolute atomic E-state index is 0.0636. The number of primary amides is 1. The highest BCUT2D eigenvalue weighted by molar-refractivity contribution is 7.93. The monoisotopic (exact) mass is 404 g/mol. The number of sulfonamides is 1. The van der Waals surface area contributed by atoms with Crippen LogP contribution in [-0.2, 0) is 15.4 Å². The number of carbonyl (C=O) groups excluding carboxylic acids is 1. The number of thiophene rings is 1. The van der Waals surface area contributed by atoms with Gasteiger partial charge in [0.2, 0.25) is 0 Å². The van der Waals surface area contributed by atoms with Crippen molar-refractivity contribution in [2.75, 3.05) is 4.72 Å². The van der Waals surface area contributed by atoms with E-state index in [1.807, 2.05) is 0 Å².